The zero-order valence-corrected chi connectivity index (χ0v) is 50.0. The Kier molecular flexibility index (Phi) is 24.3. The van der Waals surface area contributed by atoms with E-state index in [4.69, 9.17) is 42.6 Å². The van der Waals surface area contributed by atoms with Gasteiger partial charge in [-0.05, 0) is 132 Å². The molecule has 0 bridgehead atoms. The summed E-state index contributed by atoms with van der Waals surface area (Å²) >= 11 is 0. The number of hydrogen-bond acceptors (Lipinski definition) is 19. The highest BCUT2D eigenvalue weighted by Crippen LogP contribution is 2.41. The first-order chi connectivity index (χ1) is 37.5. The van der Waals surface area contributed by atoms with E-state index in [1.165, 1.54) is 20.2 Å². The average Bonchev–Trinajstić information content (AvgIpc) is 3.55. The van der Waals surface area contributed by atoms with Crippen molar-refractivity contribution < 1.29 is 82.5 Å². The number of nitrogens with zero attached hydrogens (tertiary/aromatic N) is 3. The fourth-order valence-electron chi connectivity index (χ4n) is 12.0. The van der Waals surface area contributed by atoms with Crippen LogP contribution in [0.2, 0.25) is 0 Å². The number of aliphatic hydroxyl groups is 4. The monoisotopic (exact) mass is 1140 g/mol. The molecule has 1 aromatic carbocycles. The molecule has 6 N–H and O–H groups in total. The molecule has 1 aromatic heterocycles. The summed E-state index contributed by atoms with van der Waals surface area (Å²) in [6, 6.07) is 4.60. The number of aromatic nitrogens is 1. The summed E-state index contributed by atoms with van der Waals surface area (Å²) in [4.78, 5) is 56.2. The van der Waals surface area contributed by atoms with E-state index >= 15 is 0 Å². The number of nitrogens with one attached hydrogen (secondary N) is 1. The Morgan fingerprint density at radius 3 is 2.21 bits per heavy atom. The molecular formula is C58H96N4O18. The van der Waals surface area contributed by atoms with Crippen molar-refractivity contribution in [1.82, 2.24) is 19.7 Å². The Morgan fingerprint density at radius 1 is 0.912 bits per heavy atom. The van der Waals surface area contributed by atoms with Gasteiger partial charge >= 0.3 is 18.0 Å². The van der Waals surface area contributed by atoms with Crippen LogP contribution < -0.4 is 10.7 Å². The van der Waals surface area contributed by atoms with Gasteiger partial charge in [-0.3, -0.25) is 9.59 Å². The van der Waals surface area contributed by atoms with Crippen LogP contribution in [0.5, 0.6) is 0 Å². The van der Waals surface area contributed by atoms with Gasteiger partial charge in [0, 0.05) is 69.4 Å². The molecule has 3 fully saturated rings. The molecule has 0 spiro atoms. The molecule has 456 valence electrons. The van der Waals surface area contributed by atoms with Crippen molar-refractivity contribution in [2.75, 3.05) is 67.8 Å². The van der Waals surface area contributed by atoms with Gasteiger partial charge in [-0.15, -0.1) is 0 Å². The highest BCUT2D eigenvalue weighted by atomic mass is 16.7. The minimum absolute atomic E-state index is 0.0178. The number of methoxy groups -OCH3 is 1. The van der Waals surface area contributed by atoms with Gasteiger partial charge in [-0.2, -0.15) is 0 Å². The van der Waals surface area contributed by atoms with Crippen molar-refractivity contribution in [2.45, 2.75) is 212 Å². The quantitative estimate of drug-likeness (QED) is 0.0795. The van der Waals surface area contributed by atoms with Crippen LogP contribution in [-0.4, -0.2) is 216 Å². The number of hydrogen-bond donors (Lipinski definition) is 6. The Bertz CT molecular complexity index is 2390. The summed E-state index contributed by atoms with van der Waals surface area (Å²) in [6.45, 7) is 21.5. The second-order valence-electron chi connectivity index (χ2n) is 23.6. The lowest BCUT2D eigenvalue weighted by Gasteiger charge is -2.49. The van der Waals surface area contributed by atoms with Crippen LogP contribution in [0.25, 0.3) is 10.9 Å². The van der Waals surface area contributed by atoms with Crippen LogP contribution in [0.1, 0.15) is 124 Å². The second kappa shape index (κ2) is 29.1. The Labute approximate surface area is 472 Å². The molecule has 1 unspecified atom stereocenters. The zero-order chi connectivity index (χ0) is 59.6. The fraction of sp³-hybridized carbons (Fsp3) is 0.793. The zero-order valence-electron chi connectivity index (χ0n) is 50.0. The summed E-state index contributed by atoms with van der Waals surface area (Å²) < 4.78 is 57.8. The maximum absolute atomic E-state index is 14.6. The first-order valence-electron chi connectivity index (χ1n) is 28.6. The van der Waals surface area contributed by atoms with E-state index in [0.29, 0.717) is 56.5 Å². The molecule has 3 saturated heterocycles. The van der Waals surface area contributed by atoms with E-state index in [-0.39, 0.29) is 62.6 Å². The number of pyridine rings is 1. The topological polar surface area (TPSA) is 276 Å². The van der Waals surface area contributed by atoms with E-state index in [0.717, 1.165) is 5.56 Å². The normalized spacial score (nSPS) is 36.2. The maximum atomic E-state index is 14.6. The largest absolute Gasteiger partial charge is 0.477 e. The number of aromatic carboxylic acids is 1. The van der Waals surface area contributed by atoms with Gasteiger partial charge in [0.25, 0.3) is 0 Å². The van der Waals surface area contributed by atoms with Crippen molar-refractivity contribution in [1.29, 1.82) is 0 Å². The fourth-order valence-corrected chi connectivity index (χ4v) is 12.0. The Hall–Kier alpha value is -3.88. The van der Waals surface area contributed by atoms with Crippen molar-refractivity contribution in [2.24, 2.45) is 17.8 Å². The molecule has 0 aliphatic carbocycles. The highest BCUT2D eigenvalue weighted by molar-refractivity contribution is 5.92. The molecule has 5 rings (SSSR count). The van der Waals surface area contributed by atoms with Crippen LogP contribution >= 0.6 is 0 Å². The van der Waals surface area contributed by atoms with Gasteiger partial charge in [0.2, 0.25) is 5.43 Å². The number of carboxylic acids is 1. The van der Waals surface area contributed by atoms with Crippen LogP contribution in [0.3, 0.4) is 0 Å². The van der Waals surface area contributed by atoms with Gasteiger partial charge in [-0.25, -0.2) is 9.59 Å². The predicted molar refractivity (Wildman–Crippen MR) is 297 cm³/mol. The van der Waals surface area contributed by atoms with Gasteiger partial charge < -0.3 is 87.8 Å². The third-order valence-electron chi connectivity index (χ3n) is 16.8. The van der Waals surface area contributed by atoms with Crippen molar-refractivity contribution in [3.63, 3.8) is 0 Å². The minimum atomic E-state index is -1.87. The molecule has 22 heteroatoms. The third-order valence-corrected chi connectivity index (χ3v) is 16.8. The average molecular weight is 1140 g/mol. The highest BCUT2D eigenvalue weighted by Gasteiger charge is 2.54. The lowest BCUT2D eigenvalue weighted by atomic mass is 9.77. The molecule has 22 nitrogen and oxygen atoms in total. The van der Waals surface area contributed by atoms with Crippen LogP contribution in [-0.2, 0) is 60.4 Å². The Morgan fingerprint density at radius 2 is 1.59 bits per heavy atom. The first-order valence-corrected chi connectivity index (χ1v) is 28.6. The molecule has 18 atom stereocenters. The molecule has 0 radical (unpaired) electrons. The van der Waals surface area contributed by atoms with Gasteiger partial charge in [0.05, 0.1) is 61.3 Å². The number of esters is 1. The van der Waals surface area contributed by atoms with E-state index in [1.807, 2.05) is 63.8 Å². The van der Waals surface area contributed by atoms with Crippen molar-refractivity contribution >= 4 is 28.9 Å². The SMILES string of the molecule is CC[C@H]1OC(=O)[C@H](C)[C@@H](O[C@H]2C[C@@](C)(OC)[C@@H](OC(=O)NCCOCCOCCCc3ccc4c(c3)c(=O)c(C(=O)O)cn4CC)[C@H](C)O2)[C@H](C)[C@@H](O[C@@H]2O[C@H](C)CC(N(C)C)[C@H]2O)[C@](C)(O)C[C@@H](C)CN(C)[C@H](C)[C@@H](O)[C@]1(C)O. The second-order valence-corrected chi connectivity index (χ2v) is 23.6. The van der Waals surface area contributed by atoms with Crippen molar-refractivity contribution in [3.8, 4) is 0 Å². The number of carbonyl (C=O) groups excluding carboxylic acids is 2. The number of alkyl carbamates (subject to hydrolysis) is 1. The van der Waals surface area contributed by atoms with E-state index in [9.17, 15) is 44.7 Å². The van der Waals surface area contributed by atoms with Gasteiger partial charge in [0.1, 0.15) is 35.1 Å². The molecule has 2 aromatic rings. The smallest absolute Gasteiger partial charge is 0.407 e. The van der Waals surface area contributed by atoms with Gasteiger partial charge in [-0.1, -0.05) is 26.8 Å². The Balaban J connectivity index is 1.24. The lowest BCUT2D eigenvalue weighted by molar-refractivity contribution is -0.317. The molecule has 4 heterocycles. The number of amides is 1. The molecule has 1 amide bonds. The maximum Gasteiger partial charge on any atom is 0.407 e. The number of carbonyl (C=O) groups is 3. The summed E-state index contributed by atoms with van der Waals surface area (Å²) in [5.74, 6) is -4.16. The number of cyclic esters (lactones) is 1. The molecule has 0 saturated carbocycles. The first kappa shape index (κ1) is 66.9. The van der Waals surface area contributed by atoms with E-state index in [2.05, 4.69) is 5.32 Å². The number of aryl methyl sites for hydroxylation is 2. The third kappa shape index (κ3) is 16.5. The molecule has 3 aliphatic rings. The molecular weight excluding hydrogens is 1040 g/mol. The standard InChI is InChI=1S/C58H96N4O18/c1-16-44-58(11,71)49(65)37(7)61(14)31-33(3)29-56(9,70)50(79-54-47(64)43(60(12)13)27-34(4)75-54)35(5)48(36(6)53(68)77-44)78-45-30-57(10,72-15)51(38(8)76-45)80-55(69)59-22-24-74-26-25-73-23-18-19-39-20-21-42-40(28-39)46(63)41(52(66)67)32-62(42)17-2/h20-21,28,32-38,43-45,47-51,54,64-65,70-71H,16-19,22-27,29-31H2,1-15H3,(H,59,69)(H,66,67)/t33-,34-,35+,36-,37-,38+,43?,44-,45+,47-,48+,49-,50-,51+,54+,56-,57-,58-/m1/s1. The van der Waals surface area contributed by atoms with E-state index in [1.54, 1.807) is 59.1 Å². The summed E-state index contributed by atoms with van der Waals surface area (Å²) in [6.07, 6.45) is -7.31. The van der Waals surface area contributed by atoms with Crippen LogP contribution in [0.4, 0.5) is 4.79 Å². The summed E-state index contributed by atoms with van der Waals surface area (Å²) in [5.41, 5.74) is -3.89. The van der Waals surface area contributed by atoms with Crippen LogP contribution in [0, 0.1) is 17.8 Å². The summed E-state index contributed by atoms with van der Waals surface area (Å²) in [7, 11) is 7.05. The number of fused-ring (bicyclic) bond motifs is 1. The van der Waals surface area contributed by atoms with E-state index < -0.39 is 113 Å². The van der Waals surface area contributed by atoms with Crippen LogP contribution in [0.15, 0.2) is 29.2 Å². The number of carboxylic acid groups (broad SMARTS) is 1. The molecule has 80 heavy (non-hydrogen) atoms. The number of ether oxygens (including phenoxy) is 9. The number of benzene rings is 1. The number of likely N-dealkylation sites (N-methyl/N-ethyl adjacent to an activating group) is 2. The number of rotatable bonds is 20. The summed E-state index contributed by atoms with van der Waals surface area (Å²) in [5, 5.41) is 60.7. The minimum Gasteiger partial charge on any atom is -0.477 e. The number of aliphatic hydroxyl groups excluding tert-OH is 2. The molecule has 3 aliphatic heterocycles. The lowest BCUT2D eigenvalue weighted by Crippen LogP contribution is -2.61. The van der Waals surface area contributed by atoms with Crippen molar-refractivity contribution in [3.05, 3.63) is 45.7 Å². The van der Waals surface area contributed by atoms with Gasteiger partial charge in [0.15, 0.2) is 18.7 Å². The predicted octanol–water partition coefficient (Wildman–Crippen LogP) is 4.33.